The maximum absolute atomic E-state index is 7.74. The van der Waals surface area contributed by atoms with Crippen molar-refractivity contribution in [2.45, 2.75) is 26.1 Å². The van der Waals surface area contributed by atoms with Gasteiger partial charge in [-0.15, -0.1) is 0 Å². The molecule has 4 heteroatoms. The normalized spacial score (nSPS) is 22.5. The molecule has 3 N–H and O–H groups in total. The third-order valence-corrected chi connectivity index (χ3v) is 3.95. The van der Waals surface area contributed by atoms with E-state index in [0.29, 0.717) is 0 Å². The molecule has 1 aliphatic heterocycles. The van der Waals surface area contributed by atoms with Crippen molar-refractivity contribution in [1.29, 1.82) is 5.41 Å². The fourth-order valence-electron chi connectivity index (χ4n) is 3.17. The fourth-order valence-corrected chi connectivity index (χ4v) is 3.17. The monoisotopic (exact) mass is 283 g/mol. The number of hydrogen-bond donors (Lipinski definition) is 2. The highest BCUT2D eigenvalue weighted by molar-refractivity contribution is 6.10. The molecule has 0 spiro atoms. The first-order valence-electron chi connectivity index (χ1n) is 7.33. The van der Waals surface area contributed by atoms with Crippen molar-refractivity contribution in [2.75, 3.05) is 18.0 Å². The number of nitrogens with two attached hydrogens (primary N) is 1. The van der Waals surface area contributed by atoms with Crippen LogP contribution in [0.1, 0.15) is 19.4 Å². The van der Waals surface area contributed by atoms with Crippen molar-refractivity contribution in [3.8, 4) is 0 Å². The van der Waals surface area contributed by atoms with Gasteiger partial charge in [-0.25, -0.2) is 0 Å². The van der Waals surface area contributed by atoms with Crippen molar-refractivity contribution < 1.29 is 4.74 Å². The molecule has 1 heterocycles. The number of rotatable bonds is 2. The van der Waals surface area contributed by atoms with Gasteiger partial charge in [-0.1, -0.05) is 24.3 Å². The molecule has 0 aromatic heterocycles. The number of benzene rings is 2. The summed E-state index contributed by atoms with van der Waals surface area (Å²) in [6.45, 7) is 5.98. The number of nitrogens with zero attached hydrogens (tertiary/aromatic N) is 1. The highest BCUT2D eigenvalue weighted by Gasteiger charge is 2.23. The first-order chi connectivity index (χ1) is 10.1. The molecule has 0 radical (unpaired) electrons. The predicted octanol–water partition coefficient (Wildman–Crippen LogP) is 2.74. The molecule has 21 heavy (non-hydrogen) atoms. The van der Waals surface area contributed by atoms with Crippen LogP contribution in [0, 0.1) is 5.41 Å². The Labute approximate surface area is 125 Å². The minimum Gasteiger partial charge on any atom is -0.384 e. The molecule has 2 aromatic carbocycles. The van der Waals surface area contributed by atoms with E-state index in [9.17, 15) is 0 Å². The quantitative estimate of drug-likeness (QED) is 0.658. The summed E-state index contributed by atoms with van der Waals surface area (Å²) < 4.78 is 5.82. The standard InChI is InChI=1S/C17H21N3O/c1-11-9-20(10-12(2)21-11)16-8-7-15(17(18)19)13-5-3-4-6-14(13)16/h3-8,11-12H,9-10H2,1-2H3,(H3,18,19). The lowest BCUT2D eigenvalue weighted by molar-refractivity contribution is -0.00513. The van der Waals surface area contributed by atoms with E-state index < -0.39 is 0 Å². The third-order valence-electron chi connectivity index (χ3n) is 3.95. The predicted molar refractivity (Wildman–Crippen MR) is 87.2 cm³/mol. The van der Waals surface area contributed by atoms with Gasteiger partial charge >= 0.3 is 0 Å². The van der Waals surface area contributed by atoms with Gasteiger partial charge in [-0.2, -0.15) is 0 Å². The van der Waals surface area contributed by atoms with E-state index in [-0.39, 0.29) is 18.0 Å². The lowest BCUT2D eigenvalue weighted by Crippen LogP contribution is -2.45. The second kappa shape index (κ2) is 5.37. The number of anilines is 1. The fraction of sp³-hybridized carbons (Fsp3) is 0.353. The molecule has 0 amide bonds. The van der Waals surface area contributed by atoms with Crippen molar-refractivity contribution >= 4 is 22.3 Å². The molecule has 0 bridgehead atoms. The van der Waals surface area contributed by atoms with Gasteiger partial charge in [0.15, 0.2) is 0 Å². The van der Waals surface area contributed by atoms with E-state index in [4.69, 9.17) is 15.9 Å². The van der Waals surface area contributed by atoms with Gasteiger partial charge in [-0.3, -0.25) is 5.41 Å². The summed E-state index contributed by atoms with van der Waals surface area (Å²) in [5, 5.41) is 9.92. The zero-order chi connectivity index (χ0) is 15.0. The minimum atomic E-state index is 0.112. The Bertz CT molecular complexity index is 673. The van der Waals surface area contributed by atoms with Gasteiger partial charge in [0.2, 0.25) is 0 Å². The average molecular weight is 283 g/mol. The molecule has 2 atom stereocenters. The number of morpholine rings is 1. The van der Waals surface area contributed by atoms with Crippen LogP contribution in [0.2, 0.25) is 0 Å². The second-order valence-corrected chi connectivity index (χ2v) is 5.75. The van der Waals surface area contributed by atoms with Crippen LogP contribution < -0.4 is 10.6 Å². The third kappa shape index (κ3) is 2.59. The zero-order valence-corrected chi connectivity index (χ0v) is 12.5. The molecular formula is C17H21N3O. The molecule has 2 aromatic rings. The number of nitrogen functional groups attached to an aromatic ring is 1. The van der Waals surface area contributed by atoms with Crippen LogP contribution in [0.5, 0.6) is 0 Å². The first-order valence-corrected chi connectivity index (χ1v) is 7.33. The minimum absolute atomic E-state index is 0.112. The summed E-state index contributed by atoms with van der Waals surface area (Å²) >= 11 is 0. The van der Waals surface area contributed by atoms with Crippen LogP contribution in [-0.2, 0) is 4.74 Å². The summed E-state index contributed by atoms with van der Waals surface area (Å²) in [7, 11) is 0. The van der Waals surface area contributed by atoms with Crippen LogP contribution in [-0.4, -0.2) is 31.1 Å². The molecular weight excluding hydrogens is 262 g/mol. The molecule has 110 valence electrons. The summed E-state index contributed by atoms with van der Waals surface area (Å²) in [5.41, 5.74) is 7.69. The van der Waals surface area contributed by atoms with Crippen LogP contribution in [0.3, 0.4) is 0 Å². The molecule has 0 aliphatic carbocycles. The SMILES string of the molecule is CC1CN(c2ccc(C(=N)N)c3ccccc23)CC(C)O1. The van der Waals surface area contributed by atoms with E-state index in [1.807, 2.05) is 24.3 Å². The largest absolute Gasteiger partial charge is 0.384 e. The number of hydrogen-bond acceptors (Lipinski definition) is 3. The molecule has 4 nitrogen and oxygen atoms in total. The molecule has 1 aliphatic rings. The molecule has 3 rings (SSSR count). The van der Waals surface area contributed by atoms with Crippen LogP contribution in [0.25, 0.3) is 10.8 Å². The second-order valence-electron chi connectivity index (χ2n) is 5.75. The number of fused-ring (bicyclic) bond motifs is 1. The molecule has 1 saturated heterocycles. The maximum Gasteiger partial charge on any atom is 0.123 e. The van der Waals surface area contributed by atoms with Gasteiger partial charge in [0.1, 0.15) is 5.84 Å². The Hall–Kier alpha value is -2.07. The summed E-state index contributed by atoms with van der Waals surface area (Å²) in [6.07, 6.45) is 0.444. The highest BCUT2D eigenvalue weighted by atomic mass is 16.5. The van der Waals surface area contributed by atoms with Gasteiger partial charge in [0.05, 0.1) is 12.2 Å². The van der Waals surface area contributed by atoms with Crippen LogP contribution >= 0.6 is 0 Å². The van der Waals surface area contributed by atoms with Crippen molar-refractivity contribution in [3.63, 3.8) is 0 Å². The number of amidine groups is 1. The summed E-state index contributed by atoms with van der Waals surface area (Å²) in [6, 6.07) is 12.2. The number of ether oxygens (including phenoxy) is 1. The molecule has 0 saturated carbocycles. The van der Waals surface area contributed by atoms with E-state index in [1.165, 1.54) is 5.69 Å². The van der Waals surface area contributed by atoms with Crippen molar-refractivity contribution in [3.05, 3.63) is 42.0 Å². The van der Waals surface area contributed by atoms with Gasteiger partial charge < -0.3 is 15.4 Å². The number of nitrogens with one attached hydrogen (secondary N) is 1. The van der Waals surface area contributed by atoms with Crippen molar-refractivity contribution in [2.24, 2.45) is 5.73 Å². The van der Waals surface area contributed by atoms with Gasteiger partial charge in [0, 0.05) is 29.7 Å². The van der Waals surface area contributed by atoms with E-state index >= 15 is 0 Å². The smallest absolute Gasteiger partial charge is 0.123 e. The highest BCUT2D eigenvalue weighted by Crippen LogP contribution is 2.31. The van der Waals surface area contributed by atoms with Crippen LogP contribution in [0.4, 0.5) is 5.69 Å². The Kier molecular flexibility index (Phi) is 3.55. The topological polar surface area (TPSA) is 62.3 Å². The summed E-state index contributed by atoms with van der Waals surface area (Å²) in [5.74, 6) is 0.112. The van der Waals surface area contributed by atoms with E-state index in [0.717, 1.165) is 29.4 Å². The Balaban J connectivity index is 2.11. The average Bonchev–Trinajstić information content (AvgIpc) is 2.44. The van der Waals surface area contributed by atoms with Gasteiger partial charge in [0.25, 0.3) is 0 Å². The lowest BCUT2D eigenvalue weighted by atomic mass is 10.0. The summed E-state index contributed by atoms with van der Waals surface area (Å²) in [4.78, 5) is 2.37. The van der Waals surface area contributed by atoms with E-state index in [1.54, 1.807) is 0 Å². The van der Waals surface area contributed by atoms with E-state index in [2.05, 4.69) is 30.9 Å². The first kappa shape index (κ1) is 13.9. The Morgan fingerprint density at radius 1 is 1.10 bits per heavy atom. The Morgan fingerprint density at radius 3 is 2.33 bits per heavy atom. The lowest BCUT2D eigenvalue weighted by Gasteiger charge is -2.37. The zero-order valence-electron chi connectivity index (χ0n) is 12.5. The maximum atomic E-state index is 7.74. The van der Waals surface area contributed by atoms with Crippen molar-refractivity contribution in [1.82, 2.24) is 0 Å². The molecule has 2 unspecified atom stereocenters. The Morgan fingerprint density at radius 2 is 1.71 bits per heavy atom. The van der Waals surface area contributed by atoms with Crippen LogP contribution in [0.15, 0.2) is 36.4 Å². The van der Waals surface area contributed by atoms with Gasteiger partial charge in [-0.05, 0) is 31.4 Å². The molecule has 1 fully saturated rings.